The van der Waals surface area contributed by atoms with Crippen LogP contribution in [0.1, 0.15) is 16.7 Å². The van der Waals surface area contributed by atoms with Crippen molar-refractivity contribution in [3.05, 3.63) is 94.5 Å². The largest absolute Gasteiger partial charge is 0.495 e. The number of fused-ring (bicyclic) bond motifs is 1. The third-order valence-corrected chi connectivity index (χ3v) is 8.28. The fourth-order valence-corrected chi connectivity index (χ4v) is 5.61. The zero-order valence-corrected chi connectivity index (χ0v) is 23.7. The maximum Gasteiger partial charge on any atom is 0.328 e. The summed E-state index contributed by atoms with van der Waals surface area (Å²) in [5.74, 6) is -1.52. The number of hydrogen-bond donors (Lipinski definition) is 3. The number of sulfone groups is 1. The van der Waals surface area contributed by atoms with Gasteiger partial charge in [-0.3, -0.25) is 0 Å². The smallest absolute Gasteiger partial charge is 0.328 e. The molecule has 1 heterocycles. The Kier molecular flexibility index (Phi) is 10.7. The van der Waals surface area contributed by atoms with E-state index in [1.165, 1.54) is 17.6 Å². The first-order chi connectivity index (χ1) is 19.0. The van der Waals surface area contributed by atoms with Crippen molar-refractivity contribution in [3.63, 3.8) is 0 Å². The van der Waals surface area contributed by atoms with Gasteiger partial charge in [0.15, 0.2) is 0 Å². The van der Waals surface area contributed by atoms with Crippen LogP contribution in [-0.4, -0.2) is 57.8 Å². The van der Waals surface area contributed by atoms with E-state index in [9.17, 15) is 18.0 Å². The standard InChI is InChI=1S/C25H26ClNO4S.C4H4O4/c1-27-13-11-19-15-24(30-2)25(16-20(19)12-14-27)32(28,29)23-9-7-22(8-10-23)31-17-18-3-5-21(26)6-4-18;5-3(6)1-2-4(7)8/h3-10,15-16H,11-14,17H2,1-2H3;1-2H,(H,5,6)(H,7,8)/p+1/b;2-1-. The Labute approximate surface area is 238 Å². The normalized spacial score (nSPS) is 14.8. The Morgan fingerprint density at radius 3 is 2.00 bits per heavy atom. The van der Waals surface area contributed by atoms with Gasteiger partial charge in [0.25, 0.3) is 0 Å². The minimum absolute atomic E-state index is 0.214. The van der Waals surface area contributed by atoms with Gasteiger partial charge in [-0.25, -0.2) is 18.0 Å². The number of carboxylic acids is 2. The molecule has 9 nitrogen and oxygen atoms in total. The molecule has 0 aromatic heterocycles. The number of carbonyl (C=O) groups is 2. The predicted molar refractivity (Wildman–Crippen MR) is 149 cm³/mol. The highest BCUT2D eigenvalue weighted by Gasteiger charge is 2.26. The SMILES string of the molecule is COc1cc2c(cc1S(=O)(=O)c1ccc(OCc3ccc(Cl)cc3)cc1)CC[NH+](C)CC2.O=C(O)/C=C\C(=O)O. The summed E-state index contributed by atoms with van der Waals surface area (Å²) in [5, 5.41) is 16.3. The maximum atomic E-state index is 13.4. The molecule has 0 saturated heterocycles. The zero-order valence-electron chi connectivity index (χ0n) is 22.1. The van der Waals surface area contributed by atoms with E-state index in [0.717, 1.165) is 37.1 Å². The van der Waals surface area contributed by atoms with Crippen LogP contribution in [0.3, 0.4) is 0 Å². The highest BCUT2D eigenvalue weighted by atomic mass is 35.5. The zero-order chi connectivity index (χ0) is 29.3. The van der Waals surface area contributed by atoms with Gasteiger partial charge in [-0.1, -0.05) is 23.7 Å². The van der Waals surface area contributed by atoms with Gasteiger partial charge in [0.1, 0.15) is 23.0 Å². The van der Waals surface area contributed by atoms with Crippen molar-refractivity contribution in [2.24, 2.45) is 0 Å². The summed E-state index contributed by atoms with van der Waals surface area (Å²) in [4.78, 5) is 21.0. The Hall–Kier alpha value is -3.86. The summed E-state index contributed by atoms with van der Waals surface area (Å²) in [6.45, 7) is 2.39. The number of likely N-dealkylation sites (N-methyl/N-ethyl adjacent to an activating group) is 1. The molecule has 3 N–H and O–H groups in total. The second-order valence-electron chi connectivity index (χ2n) is 9.13. The number of halogens is 1. The minimum Gasteiger partial charge on any atom is -0.495 e. The van der Waals surface area contributed by atoms with E-state index >= 15 is 0 Å². The molecule has 1 unspecified atom stereocenters. The van der Waals surface area contributed by atoms with Gasteiger partial charge >= 0.3 is 11.9 Å². The van der Waals surface area contributed by atoms with Crippen molar-refractivity contribution in [1.29, 1.82) is 0 Å². The van der Waals surface area contributed by atoms with E-state index in [2.05, 4.69) is 7.05 Å². The lowest BCUT2D eigenvalue weighted by Crippen LogP contribution is -3.09. The number of aliphatic carboxylic acids is 2. The predicted octanol–water partition coefficient (Wildman–Crippen LogP) is 3.09. The summed E-state index contributed by atoms with van der Waals surface area (Å²) < 4.78 is 38.1. The van der Waals surface area contributed by atoms with E-state index in [1.54, 1.807) is 30.3 Å². The van der Waals surface area contributed by atoms with Gasteiger partial charge in [-0.15, -0.1) is 0 Å². The molecule has 0 spiro atoms. The number of quaternary nitrogens is 1. The molecular weight excluding hydrogens is 558 g/mol. The first-order valence-corrected chi connectivity index (χ1v) is 14.2. The van der Waals surface area contributed by atoms with Gasteiger partial charge in [-0.05, 0) is 65.2 Å². The molecular formula is C29H31ClNO8S+. The summed E-state index contributed by atoms with van der Waals surface area (Å²) in [7, 11) is -0.0509. The van der Waals surface area contributed by atoms with Crippen LogP contribution in [0.15, 0.2) is 82.6 Å². The van der Waals surface area contributed by atoms with Crippen molar-refractivity contribution in [2.45, 2.75) is 29.2 Å². The molecule has 1 aliphatic rings. The van der Waals surface area contributed by atoms with E-state index < -0.39 is 21.8 Å². The monoisotopic (exact) mass is 588 g/mol. The van der Waals surface area contributed by atoms with Crippen molar-refractivity contribution >= 4 is 33.4 Å². The lowest BCUT2D eigenvalue weighted by molar-refractivity contribution is -0.878. The molecule has 1 atom stereocenters. The average molecular weight is 589 g/mol. The van der Waals surface area contributed by atoms with Crippen LogP contribution < -0.4 is 14.4 Å². The fraction of sp³-hybridized carbons (Fsp3) is 0.241. The topological polar surface area (TPSA) is 132 Å². The quantitative estimate of drug-likeness (QED) is 0.342. The number of carboxylic acid groups (broad SMARTS) is 2. The van der Waals surface area contributed by atoms with Crippen molar-refractivity contribution < 1.29 is 42.6 Å². The van der Waals surface area contributed by atoms with Crippen molar-refractivity contribution in [3.8, 4) is 11.5 Å². The molecule has 0 amide bonds. The van der Waals surface area contributed by atoms with E-state index in [-0.39, 0.29) is 9.79 Å². The highest BCUT2D eigenvalue weighted by Crippen LogP contribution is 2.33. The average Bonchev–Trinajstić information content (AvgIpc) is 3.12. The Morgan fingerprint density at radius 2 is 1.48 bits per heavy atom. The molecule has 0 aliphatic carbocycles. The number of methoxy groups -OCH3 is 1. The summed E-state index contributed by atoms with van der Waals surface area (Å²) >= 11 is 5.91. The first-order valence-electron chi connectivity index (χ1n) is 12.4. The Morgan fingerprint density at radius 1 is 0.925 bits per heavy atom. The molecule has 0 bridgehead atoms. The number of rotatable bonds is 8. The second-order valence-corrected chi connectivity index (χ2v) is 11.5. The first kappa shape index (κ1) is 30.7. The van der Waals surface area contributed by atoms with E-state index in [0.29, 0.717) is 35.3 Å². The summed E-state index contributed by atoms with van der Waals surface area (Å²) in [5.41, 5.74) is 3.24. The van der Waals surface area contributed by atoms with Crippen LogP contribution in [0.25, 0.3) is 0 Å². The number of hydrogen-bond acceptors (Lipinski definition) is 6. The minimum atomic E-state index is -3.73. The molecule has 40 heavy (non-hydrogen) atoms. The van der Waals surface area contributed by atoms with Gasteiger partial charge in [0.05, 0.1) is 32.1 Å². The van der Waals surface area contributed by atoms with E-state index in [1.807, 2.05) is 30.3 Å². The number of nitrogens with one attached hydrogen (secondary N) is 1. The Bertz CT molecular complexity index is 1450. The molecule has 0 radical (unpaired) electrons. The van der Waals surface area contributed by atoms with Gasteiger partial charge in [0.2, 0.25) is 9.84 Å². The molecule has 1 aliphatic heterocycles. The molecule has 11 heteroatoms. The van der Waals surface area contributed by atoms with Crippen LogP contribution in [0.4, 0.5) is 0 Å². The number of ether oxygens (including phenoxy) is 2. The summed E-state index contributed by atoms with van der Waals surface area (Å²) in [6, 6.07) is 17.6. The highest BCUT2D eigenvalue weighted by molar-refractivity contribution is 7.91. The number of benzene rings is 3. The lowest BCUT2D eigenvalue weighted by Gasteiger charge is -2.14. The van der Waals surface area contributed by atoms with Gasteiger partial charge in [0, 0.05) is 30.0 Å². The van der Waals surface area contributed by atoms with Crippen molar-refractivity contribution in [1.82, 2.24) is 0 Å². The molecule has 4 rings (SSSR count). The third kappa shape index (κ3) is 8.57. The van der Waals surface area contributed by atoms with Crippen LogP contribution in [-0.2, 0) is 38.9 Å². The van der Waals surface area contributed by atoms with E-state index in [4.69, 9.17) is 31.3 Å². The molecule has 0 fully saturated rings. The van der Waals surface area contributed by atoms with Crippen molar-refractivity contribution in [2.75, 3.05) is 27.2 Å². The molecule has 3 aromatic carbocycles. The second kappa shape index (κ2) is 14.0. The fourth-order valence-electron chi connectivity index (χ4n) is 4.03. The maximum absolute atomic E-state index is 13.4. The summed E-state index contributed by atoms with van der Waals surface area (Å²) in [6.07, 6.45) is 2.88. The van der Waals surface area contributed by atoms with Crippen LogP contribution >= 0.6 is 11.6 Å². The molecule has 0 saturated carbocycles. The van der Waals surface area contributed by atoms with Gasteiger partial charge in [-0.2, -0.15) is 0 Å². The van der Waals surface area contributed by atoms with Crippen LogP contribution in [0.2, 0.25) is 5.02 Å². The molecule has 212 valence electrons. The van der Waals surface area contributed by atoms with Gasteiger partial charge < -0.3 is 24.6 Å². The Balaban J connectivity index is 0.000000482. The lowest BCUT2D eigenvalue weighted by atomic mass is 10.0. The molecule has 3 aromatic rings. The van der Waals surface area contributed by atoms with Crippen LogP contribution in [0.5, 0.6) is 11.5 Å². The van der Waals surface area contributed by atoms with Crippen LogP contribution in [0, 0.1) is 0 Å². The third-order valence-electron chi connectivity index (χ3n) is 6.24.